The third kappa shape index (κ3) is 1.84. The quantitative estimate of drug-likeness (QED) is 0.743. The minimum atomic E-state index is 0.389. The molecule has 0 aliphatic heterocycles. The van der Waals surface area contributed by atoms with Crippen LogP contribution in [0.25, 0.3) is 17.1 Å². The zero-order valence-corrected chi connectivity index (χ0v) is 9.69. The molecule has 1 heterocycles. The van der Waals surface area contributed by atoms with E-state index in [2.05, 4.69) is 10.1 Å². The molecule has 2 N–H and O–H groups in total. The van der Waals surface area contributed by atoms with Crippen molar-refractivity contribution in [2.45, 2.75) is 0 Å². The first-order valence-corrected chi connectivity index (χ1v) is 5.68. The summed E-state index contributed by atoms with van der Waals surface area (Å²) in [7, 11) is 0. The number of benzene rings is 2. The molecule has 0 atom stereocenters. The number of para-hydroxylation sites is 1. The van der Waals surface area contributed by atoms with Crippen molar-refractivity contribution < 1.29 is 0 Å². The van der Waals surface area contributed by atoms with Gasteiger partial charge in [-0.1, -0.05) is 48.5 Å². The molecule has 0 spiro atoms. The van der Waals surface area contributed by atoms with Gasteiger partial charge in [-0.25, -0.2) is 0 Å². The van der Waals surface area contributed by atoms with Crippen molar-refractivity contribution in [1.29, 1.82) is 0 Å². The Bertz CT molecular complexity index is 644. The molecule has 88 valence electrons. The van der Waals surface area contributed by atoms with E-state index in [0.717, 1.165) is 11.3 Å². The molecule has 4 nitrogen and oxygen atoms in total. The topological polar surface area (TPSA) is 56.7 Å². The molecule has 2 aromatic carbocycles. The number of hydrogen-bond acceptors (Lipinski definition) is 3. The van der Waals surface area contributed by atoms with Gasteiger partial charge in [-0.05, 0) is 12.1 Å². The van der Waals surface area contributed by atoms with E-state index in [0.29, 0.717) is 11.8 Å². The fraction of sp³-hybridized carbons (Fsp3) is 0. The first kappa shape index (κ1) is 10.5. The van der Waals surface area contributed by atoms with E-state index in [9.17, 15) is 0 Å². The molecule has 0 bridgehead atoms. The Balaban J connectivity index is 2.07. The largest absolute Gasteiger partial charge is 0.368 e. The molecular formula is C14H12N4. The second-order valence-electron chi connectivity index (χ2n) is 3.91. The lowest BCUT2D eigenvalue weighted by Gasteiger charge is -2.00. The summed E-state index contributed by atoms with van der Waals surface area (Å²) in [5.41, 5.74) is 7.76. The average Bonchev–Trinajstić information content (AvgIpc) is 2.83. The van der Waals surface area contributed by atoms with Crippen LogP contribution in [0.1, 0.15) is 0 Å². The molecule has 0 fully saturated rings. The van der Waals surface area contributed by atoms with Crippen molar-refractivity contribution >= 4 is 5.95 Å². The van der Waals surface area contributed by atoms with Gasteiger partial charge in [0.25, 0.3) is 0 Å². The fourth-order valence-electron chi connectivity index (χ4n) is 1.79. The van der Waals surface area contributed by atoms with Gasteiger partial charge in [0.05, 0.1) is 5.69 Å². The summed E-state index contributed by atoms with van der Waals surface area (Å²) < 4.78 is 1.64. The van der Waals surface area contributed by atoms with Crippen LogP contribution in [-0.2, 0) is 0 Å². The highest BCUT2D eigenvalue weighted by molar-refractivity contribution is 5.56. The molecule has 18 heavy (non-hydrogen) atoms. The van der Waals surface area contributed by atoms with E-state index in [1.54, 1.807) is 4.68 Å². The van der Waals surface area contributed by atoms with Crippen LogP contribution in [0, 0.1) is 0 Å². The SMILES string of the molecule is Nc1nc(-c2ccccc2)nn1-c1ccccc1. The fourth-order valence-corrected chi connectivity index (χ4v) is 1.79. The highest BCUT2D eigenvalue weighted by Gasteiger charge is 2.09. The third-order valence-corrected chi connectivity index (χ3v) is 2.66. The predicted molar refractivity (Wildman–Crippen MR) is 71.2 cm³/mol. The lowest BCUT2D eigenvalue weighted by molar-refractivity contribution is 0.894. The lowest BCUT2D eigenvalue weighted by atomic mass is 10.2. The Labute approximate surface area is 105 Å². The lowest BCUT2D eigenvalue weighted by Crippen LogP contribution is -2.01. The van der Waals surface area contributed by atoms with Crippen LogP contribution < -0.4 is 5.73 Å². The summed E-state index contributed by atoms with van der Waals surface area (Å²) in [6.07, 6.45) is 0. The Morgan fingerprint density at radius 2 is 1.44 bits per heavy atom. The van der Waals surface area contributed by atoms with Crippen LogP contribution in [0.3, 0.4) is 0 Å². The van der Waals surface area contributed by atoms with Gasteiger partial charge in [-0.15, -0.1) is 5.10 Å². The summed E-state index contributed by atoms with van der Waals surface area (Å²) in [5.74, 6) is 1.03. The van der Waals surface area contributed by atoms with Gasteiger partial charge in [-0.2, -0.15) is 9.67 Å². The van der Waals surface area contributed by atoms with Gasteiger partial charge in [0, 0.05) is 5.56 Å². The van der Waals surface area contributed by atoms with Crippen molar-refractivity contribution in [1.82, 2.24) is 14.8 Å². The van der Waals surface area contributed by atoms with Crippen LogP contribution in [0.2, 0.25) is 0 Å². The van der Waals surface area contributed by atoms with E-state index in [-0.39, 0.29) is 0 Å². The molecule has 0 saturated heterocycles. The van der Waals surface area contributed by atoms with Crippen molar-refractivity contribution in [3.05, 3.63) is 60.7 Å². The smallest absolute Gasteiger partial charge is 0.223 e. The molecule has 0 saturated carbocycles. The van der Waals surface area contributed by atoms with E-state index in [1.165, 1.54) is 0 Å². The maximum Gasteiger partial charge on any atom is 0.223 e. The zero-order valence-electron chi connectivity index (χ0n) is 9.69. The summed E-state index contributed by atoms with van der Waals surface area (Å²) in [6, 6.07) is 19.5. The molecule has 3 aromatic rings. The highest BCUT2D eigenvalue weighted by atomic mass is 15.4. The number of rotatable bonds is 2. The predicted octanol–water partition coefficient (Wildman–Crippen LogP) is 2.52. The summed E-state index contributed by atoms with van der Waals surface area (Å²) in [5, 5.41) is 4.43. The number of nitrogens with two attached hydrogens (primary N) is 1. The summed E-state index contributed by atoms with van der Waals surface area (Å²) in [6.45, 7) is 0. The molecular weight excluding hydrogens is 224 g/mol. The maximum absolute atomic E-state index is 5.90. The van der Waals surface area contributed by atoms with Gasteiger partial charge in [0.1, 0.15) is 0 Å². The second-order valence-corrected chi connectivity index (χ2v) is 3.91. The first-order valence-electron chi connectivity index (χ1n) is 5.68. The second kappa shape index (κ2) is 4.33. The van der Waals surface area contributed by atoms with E-state index < -0.39 is 0 Å². The number of aromatic nitrogens is 3. The van der Waals surface area contributed by atoms with Gasteiger partial charge in [0.2, 0.25) is 5.95 Å². The van der Waals surface area contributed by atoms with Gasteiger partial charge in [-0.3, -0.25) is 0 Å². The standard InChI is InChI=1S/C14H12N4/c15-14-16-13(11-7-3-1-4-8-11)17-18(14)12-9-5-2-6-10-12/h1-10H,(H2,15,16,17). The highest BCUT2D eigenvalue weighted by Crippen LogP contribution is 2.18. The Hall–Kier alpha value is -2.62. The van der Waals surface area contributed by atoms with Gasteiger partial charge < -0.3 is 5.73 Å². The van der Waals surface area contributed by atoms with Crippen molar-refractivity contribution in [2.75, 3.05) is 5.73 Å². The number of hydrogen-bond donors (Lipinski definition) is 1. The number of nitrogen functional groups attached to an aromatic ring is 1. The Kier molecular flexibility index (Phi) is 2.53. The third-order valence-electron chi connectivity index (χ3n) is 2.66. The van der Waals surface area contributed by atoms with E-state index in [1.807, 2.05) is 60.7 Å². The van der Waals surface area contributed by atoms with Crippen molar-refractivity contribution in [2.24, 2.45) is 0 Å². The molecule has 3 rings (SSSR count). The van der Waals surface area contributed by atoms with E-state index >= 15 is 0 Å². The van der Waals surface area contributed by atoms with Crippen LogP contribution in [0.5, 0.6) is 0 Å². The van der Waals surface area contributed by atoms with Crippen LogP contribution in [0.15, 0.2) is 60.7 Å². The van der Waals surface area contributed by atoms with Crippen molar-refractivity contribution in [3.63, 3.8) is 0 Å². The first-order chi connectivity index (χ1) is 8.84. The molecule has 4 heteroatoms. The molecule has 0 amide bonds. The average molecular weight is 236 g/mol. The van der Waals surface area contributed by atoms with Crippen molar-refractivity contribution in [3.8, 4) is 17.1 Å². The summed E-state index contributed by atoms with van der Waals surface area (Å²) in [4.78, 5) is 4.29. The minimum Gasteiger partial charge on any atom is -0.368 e. The Morgan fingerprint density at radius 3 is 2.11 bits per heavy atom. The number of nitrogens with zero attached hydrogens (tertiary/aromatic N) is 3. The maximum atomic E-state index is 5.90. The molecule has 0 aliphatic carbocycles. The van der Waals surface area contributed by atoms with Gasteiger partial charge in [0.15, 0.2) is 5.82 Å². The molecule has 0 radical (unpaired) electrons. The van der Waals surface area contributed by atoms with Crippen LogP contribution >= 0.6 is 0 Å². The van der Waals surface area contributed by atoms with Crippen LogP contribution in [0.4, 0.5) is 5.95 Å². The molecule has 0 unspecified atom stereocenters. The summed E-state index contributed by atoms with van der Waals surface area (Å²) >= 11 is 0. The Morgan fingerprint density at radius 1 is 0.833 bits per heavy atom. The van der Waals surface area contributed by atoms with Crippen LogP contribution in [-0.4, -0.2) is 14.8 Å². The minimum absolute atomic E-state index is 0.389. The zero-order chi connectivity index (χ0) is 12.4. The van der Waals surface area contributed by atoms with Gasteiger partial charge >= 0.3 is 0 Å². The molecule has 1 aromatic heterocycles. The number of anilines is 1. The molecule has 0 aliphatic rings. The normalized spacial score (nSPS) is 10.4. The monoisotopic (exact) mass is 236 g/mol. The van der Waals surface area contributed by atoms with E-state index in [4.69, 9.17) is 5.73 Å².